The molecule has 1 unspecified atom stereocenters. The van der Waals surface area contributed by atoms with E-state index in [0.29, 0.717) is 11.3 Å². The number of hydrogen-bond acceptors (Lipinski definition) is 3. The predicted octanol–water partition coefficient (Wildman–Crippen LogP) is 3.91. The van der Waals surface area contributed by atoms with Crippen LogP contribution in [0.1, 0.15) is 33.1 Å². The maximum Gasteiger partial charge on any atom is 0.254 e. The molecule has 0 saturated heterocycles. The van der Waals surface area contributed by atoms with Gasteiger partial charge >= 0.3 is 0 Å². The summed E-state index contributed by atoms with van der Waals surface area (Å²) in [6.07, 6.45) is 1.11. The molecular formula is C23H24N2O3S. The molecule has 0 aliphatic heterocycles. The number of para-hydroxylation sites is 1. The SMILES string of the molecule is Cc1ccc(C(NC(=O)c2ccccc2N(C)S(C)(=O)=O)c2ccccc2)cc1. The molecule has 6 heteroatoms. The highest BCUT2D eigenvalue weighted by molar-refractivity contribution is 7.92. The Bertz CT molecular complexity index is 1090. The molecule has 150 valence electrons. The highest BCUT2D eigenvalue weighted by Gasteiger charge is 2.23. The lowest BCUT2D eigenvalue weighted by molar-refractivity contribution is 0.0943. The molecule has 0 radical (unpaired) electrons. The number of aryl methyl sites for hydroxylation is 1. The minimum absolute atomic E-state index is 0.300. The Kier molecular flexibility index (Phi) is 6.03. The summed E-state index contributed by atoms with van der Waals surface area (Å²) in [6, 6.07) is 24.0. The lowest BCUT2D eigenvalue weighted by atomic mass is 9.97. The predicted molar refractivity (Wildman–Crippen MR) is 117 cm³/mol. The first-order chi connectivity index (χ1) is 13.8. The van der Waals surface area contributed by atoms with Crippen LogP contribution in [0, 0.1) is 6.92 Å². The summed E-state index contributed by atoms with van der Waals surface area (Å²) in [5.41, 5.74) is 3.66. The minimum Gasteiger partial charge on any atom is -0.341 e. The van der Waals surface area contributed by atoms with Crippen LogP contribution < -0.4 is 9.62 Å². The second-order valence-electron chi connectivity index (χ2n) is 6.98. The van der Waals surface area contributed by atoms with Gasteiger partial charge in [-0.25, -0.2) is 8.42 Å². The molecule has 0 fully saturated rings. The van der Waals surface area contributed by atoms with Crippen LogP contribution in [0.4, 0.5) is 5.69 Å². The fraction of sp³-hybridized carbons (Fsp3) is 0.174. The van der Waals surface area contributed by atoms with Gasteiger partial charge in [-0.15, -0.1) is 0 Å². The van der Waals surface area contributed by atoms with Crippen LogP contribution in [-0.2, 0) is 10.0 Å². The maximum atomic E-state index is 13.2. The Balaban J connectivity index is 1.99. The van der Waals surface area contributed by atoms with Gasteiger partial charge in [0.1, 0.15) is 0 Å². The highest BCUT2D eigenvalue weighted by atomic mass is 32.2. The van der Waals surface area contributed by atoms with E-state index >= 15 is 0 Å². The van der Waals surface area contributed by atoms with E-state index < -0.39 is 10.0 Å². The second-order valence-corrected chi connectivity index (χ2v) is 8.99. The summed E-state index contributed by atoms with van der Waals surface area (Å²) < 4.78 is 25.1. The molecule has 0 aliphatic rings. The highest BCUT2D eigenvalue weighted by Crippen LogP contribution is 2.26. The zero-order chi connectivity index (χ0) is 21.0. The van der Waals surface area contributed by atoms with E-state index in [1.54, 1.807) is 24.3 Å². The molecule has 0 heterocycles. The lowest BCUT2D eigenvalue weighted by Crippen LogP contribution is -2.32. The average molecular weight is 409 g/mol. The number of rotatable bonds is 6. The van der Waals surface area contributed by atoms with Gasteiger partial charge in [0.15, 0.2) is 0 Å². The molecule has 0 saturated carbocycles. The fourth-order valence-electron chi connectivity index (χ4n) is 3.09. The first-order valence-electron chi connectivity index (χ1n) is 9.22. The Hall–Kier alpha value is -3.12. The number of carbonyl (C=O) groups excluding carboxylic acids is 1. The van der Waals surface area contributed by atoms with Gasteiger partial charge in [-0.05, 0) is 30.2 Å². The van der Waals surface area contributed by atoms with Crippen molar-refractivity contribution >= 4 is 21.6 Å². The number of sulfonamides is 1. The van der Waals surface area contributed by atoms with E-state index in [9.17, 15) is 13.2 Å². The maximum absolute atomic E-state index is 13.2. The van der Waals surface area contributed by atoms with Gasteiger partial charge in [-0.3, -0.25) is 9.10 Å². The number of anilines is 1. The normalized spacial score (nSPS) is 12.2. The molecule has 1 N–H and O–H groups in total. The van der Waals surface area contributed by atoms with E-state index in [-0.39, 0.29) is 11.9 Å². The molecule has 1 atom stereocenters. The van der Waals surface area contributed by atoms with Gasteiger partial charge in [0.25, 0.3) is 5.91 Å². The van der Waals surface area contributed by atoms with Crippen LogP contribution in [0.2, 0.25) is 0 Å². The summed E-state index contributed by atoms with van der Waals surface area (Å²) in [5.74, 6) is -0.342. The van der Waals surface area contributed by atoms with Gasteiger partial charge in [-0.1, -0.05) is 72.3 Å². The van der Waals surface area contributed by atoms with Gasteiger partial charge in [-0.2, -0.15) is 0 Å². The average Bonchev–Trinajstić information content (AvgIpc) is 2.72. The van der Waals surface area contributed by atoms with Crippen molar-refractivity contribution in [2.75, 3.05) is 17.6 Å². The van der Waals surface area contributed by atoms with Crippen molar-refractivity contribution < 1.29 is 13.2 Å². The largest absolute Gasteiger partial charge is 0.341 e. The van der Waals surface area contributed by atoms with Crippen LogP contribution in [0.25, 0.3) is 0 Å². The summed E-state index contributed by atoms with van der Waals surface area (Å²) >= 11 is 0. The molecule has 0 aromatic heterocycles. The zero-order valence-electron chi connectivity index (χ0n) is 16.7. The molecule has 0 aliphatic carbocycles. The molecule has 0 bridgehead atoms. The van der Waals surface area contributed by atoms with Crippen molar-refractivity contribution in [3.63, 3.8) is 0 Å². The van der Waals surface area contributed by atoms with Crippen LogP contribution in [-0.4, -0.2) is 27.6 Å². The molecule has 29 heavy (non-hydrogen) atoms. The number of nitrogens with zero attached hydrogens (tertiary/aromatic N) is 1. The van der Waals surface area contributed by atoms with Crippen LogP contribution in [0.3, 0.4) is 0 Å². The van der Waals surface area contributed by atoms with Crippen LogP contribution in [0.5, 0.6) is 0 Å². The van der Waals surface area contributed by atoms with Crippen molar-refractivity contribution in [2.45, 2.75) is 13.0 Å². The second kappa shape index (κ2) is 8.49. The van der Waals surface area contributed by atoms with E-state index in [4.69, 9.17) is 0 Å². The molecule has 1 amide bonds. The lowest BCUT2D eigenvalue weighted by Gasteiger charge is -2.23. The number of nitrogens with one attached hydrogen (secondary N) is 1. The smallest absolute Gasteiger partial charge is 0.254 e. The van der Waals surface area contributed by atoms with Gasteiger partial charge < -0.3 is 5.32 Å². The molecule has 3 aromatic rings. The monoisotopic (exact) mass is 408 g/mol. The van der Waals surface area contributed by atoms with Gasteiger partial charge in [0.2, 0.25) is 10.0 Å². The van der Waals surface area contributed by atoms with Crippen molar-refractivity contribution in [1.82, 2.24) is 5.32 Å². The zero-order valence-corrected chi connectivity index (χ0v) is 17.5. The minimum atomic E-state index is -3.50. The Morgan fingerprint density at radius 1 is 0.862 bits per heavy atom. The van der Waals surface area contributed by atoms with E-state index in [1.165, 1.54) is 7.05 Å². The van der Waals surface area contributed by atoms with Gasteiger partial charge in [0.05, 0.1) is 23.5 Å². The summed E-state index contributed by atoms with van der Waals surface area (Å²) in [5, 5.41) is 3.07. The summed E-state index contributed by atoms with van der Waals surface area (Å²) in [4.78, 5) is 13.2. The topological polar surface area (TPSA) is 66.5 Å². The Labute approximate surface area is 172 Å². The third-order valence-electron chi connectivity index (χ3n) is 4.80. The number of amides is 1. The van der Waals surface area contributed by atoms with E-state index in [1.807, 2.05) is 61.5 Å². The van der Waals surface area contributed by atoms with Crippen molar-refractivity contribution in [2.24, 2.45) is 0 Å². The van der Waals surface area contributed by atoms with Gasteiger partial charge in [0, 0.05) is 7.05 Å². The molecule has 3 aromatic carbocycles. The summed E-state index contributed by atoms with van der Waals surface area (Å²) in [6.45, 7) is 2.01. The number of benzene rings is 3. The Morgan fingerprint density at radius 2 is 1.41 bits per heavy atom. The summed E-state index contributed by atoms with van der Waals surface area (Å²) in [7, 11) is -2.06. The van der Waals surface area contributed by atoms with Crippen molar-refractivity contribution in [3.8, 4) is 0 Å². The molecule has 3 rings (SSSR count). The van der Waals surface area contributed by atoms with Crippen molar-refractivity contribution in [3.05, 3.63) is 101 Å². The van der Waals surface area contributed by atoms with Crippen molar-refractivity contribution in [1.29, 1.82) is 0 Å². The third-order valence-corrected chi connectivity index (χ3v) is 6.00. The first kappa shape index (κ1) is 20.6. The first-order valence-corrected chi connectivity index (χ1v) is 11.1. The number of carbonyl (C=O) groups is 1. The third kappa shape index (κ3) is 4.84. The van der Waals surface area contributed by atoms with E-state index in [2.05, 4.69) is 5.32 Å². The standard InChI is InChI=1S/C23H24N2O3S/c1-17-13-15-19(16-14-17)22(18-9-5-4-6-10-18)24-23(26)20-11-7-8-12-21(20)25(2)29(3,27)28/h4-16,22H,1-3H3,(H,24,26). The molecule has 5 nitrogen and oxygen atoms in total. The quantitative estimate of drug-likeness (QED) is 0.672. The van der Waals surface area contributed by atoms with Crippen LogP contribution in [0.15, 0.2) is 78.9 Å². The van der Waals surface area contributed by atoms with E-state index in [0.717, 1.165) is 27.3 Å². The van der Waals surface area contributed by atoms with Crippen LogP contribution >= 0.6 is 0 Å². The number of hydrogen-bond donors (Lipinski definition) is 1. The molecular weight excluding hydrogens is 384 g/mol. The fourth-order valence-corrected chi connectivity index (χ4v) is 3.61. The molecule has 0 spiro atoms. The Morgan fingerprint density at radius 3 is 2.03 bits per heavy atom.